The minimum atomic E-state index is -0.0308. The Balaban J connectivity index is 2.20. The summed E-state index contributed by atoms with van der Waals surface area (Å²) in [6.07, 6.45) is 1.97. The van der Waals surface area contributed by atoms with E-state index in [0.29, 0.717) is 6.04 Å². The molecule has 0 saturated carbocycles. The fourth-order valence-corrected chi connectivity index (χ4v) is 3.61. The van der Waals surface area contributed by atoms with Gasteiger partial charge < -0.3 is 9.80 Å². The Morgan fingerprint density at radius 3 is 2.67 bits per heavy atom. The second-order valence-electron chi connectivity index (χ2n) is 6.16. The summed E-state index contributed by atoms with van der Waals surface area (Å²) in [5, 5.41) is 3.53. The first-order valence-electron chi connectivity index (χ1n) is 7.73. The topological polar surface area (TPSA) is 35.6 Å². The van der Waals surface area contributed by atoms with Crippen LogP contribution in [0, 0.1) is 6.92 Å². The van der Waals surface area contributed by atoms with Crippen LogP contribution in [-0.2, 0) is 4.79 Å². The molecule has 0 bridgehead atoms. The molecule has 0 radical (unpaired) electrons. The normalized spacial score (nSPS) is 24.1. The third-order valence-corrected chi connectivity index (χ3v) is 5.26. The van der Waals surface area contributed by atoms with Crippen LogP contribution in [0.2, 0.25) is 0 Å². The van der Waals surface area contributed by atoms with Crippen LogP contribution in [0.15, 0.2) is 12.1 Å². The van der Waals surface area contributed by atoms with Gasteiger partial charge in [-0.05, 0) is 46.5 Å². The van der Waals surface area contributed by atoms with Gasteiger partial charge >= 0.3 is 0 Å². The van der Waals surface area contributed by atoms with Gasteiger partial charge in [0.15, 0.2) is 0 Å². The highest BCUT2D eigenvalue weighted by atomic mass is 32.1. The zero-order chi connectivity index (χ0) is 15.6. The molecule has 2 rings (SSSR count). The molecule has 1 aliphatic heterocycles. The number of carbonyl (C=O) groups excluding carboxylic acids is 1. The SMILES string of the molecule is CCCC1NC(c2ccc(C)s2)N(CC(C)N(C)C)C1=O. The molecule has 1 aliphatic rings. The van der Waals surface area contributed by atoms with Crippen LogP contribution in [0.25, 0.3) is 0 Å². The Morgan fingerprint density at radius 1 is 1.43 bits per heavy atom. The van der Waals surface area contributed by atoms with Gasteiger partial charge in [-0.1, -0.05) is 13.3 Å². The largest absolute Gasteiger partial charge is 0.319 e. The number of hydrogen-bond donors (Lipinski definition) is 1. The first kappa shape index (κ1) is 16.5. The summed E-state index contributed by atoms with van der Waals surface area (Å²) in [6.45, 7) is 7.17. The highest BCUT2D eigenvalue weighted by Crippen LogP contribution is 2.31. The van der Waals surface area contributed by atoms with E-state index >= 15 is 0 Å². The number of thiophene rings is 1. The molecule has 1 N–H and O–H groups in total. The van der Waals surface area contributed by atoms with Gasteiger partial charge in [-0.15, -0.1) is 11.3 Å². The first-order chi connectivity index (χ1) is 9.93. The number of rotatable bonds is 6. The van der Waals surface area contributed by atoms with E-state index in [4.69, 9.17) is 0 Å². The average Bonchev–Trinajstić information content (AvgIpc) is 2.97. The van der Waals surface area contributed by atoms with E-state index in [2.05, 4.69) is 57.2 Å². The highest BCUT2D eigenvalue weighted by Gasteiger charge is 2.40. The summed E-state index contributed by atoms with van der Waals surface area (Å²) >= 11 is 1.78. The summed E-state index contributed by atoms with van der Waals surface area (Å²) < 4.78 is 0. The summed E-state index contributed by atoms with van der Waals surface area (Å²) in [5.74, 6) is 0.251. The van der Waals surface area contributed by atoms with Gasteiger partial charge in [-0.2, -0.15) is 0 Å². The molecule has 3 unspecified atom stereocenters. The van der Waals surface area contributed by atoms with Crippen molar-refractivity contribution in [2.45, 2.75) is 51.9 Å². The Bertz CT molecular complexity index is 486. The van der Waals surface area contributed by atoms with Gasteiger partial charge in [0.05, 0.1) is 6.04 Å². The lowest BCUT2D eigenvalue weighted by Gasteiger charge is -2.29. The molecule has 21 heavy (non-hydrogen) atoms. The number of aryl methyl sites for hydroxylation is 1. The van der Waals surface area contributed by atoms with Crippen molar-refractivity contribution in [1.82, 2.24) is 15.1 Å². The standard InChI is InChI=1S/C16H27N3OS/c1-6-7-13-16(20)19(10-11(2)18(4)5)15(17-13)14-9-8-12(3)21-14/h8-9,11,13,15,17H,6-7,10H2,1-5H3. The smallest absolute Gasteiger partial charge is 0.241 e. The molecule has 2 heterocycles. The number of hydrogen-bond acceptors (Lipinski definition) is 4. The zero-order valence-corrected chi connectivity index (χ0v) is 14.5. The number of nitrogens with zero attached hydrogens (tertiary/aromatic N) is 2. The second kappa shape index (κ2) is 6.90. The minimum Gasteiger partial charge on any atom is -0.319 e. The predicted molar refractivity (Wildman–Crippen MR) is 88.5 cm³/mol. The summed E-state index contributed by atoms with van der Waals surface area (Å²) in [7, 11) is 4.12. The van der Waals surface area contributed by atoms with E-state index in [-0.39, 0.29) is 18.1 Å². The van der Waals surface area contributed by atoms with Crippen LogP contribution in [0.5, 0.6) is 0 Å². The fraction of sp³-hybridized carbons (Fsp3) is 0.688. The summed E-state index contributed by atoms with van der Waals surface area (Å²) in [6, 6.07) is 4.59. The molecule has 0 aliphatic carbocycles. The number of nitrogens with one attached hydrogen (secondary N) is 1. The predicted octanol–water partition coefficient (Wildman–Crippen LogP) is 2.61. The van der Waals surface area contributed by atoms with Crippen molar-refractivity contribution in [3.05, 3.63) is 21.9 Å². The van der Waals surface area contributed by atoms with Crippen LogP contribution in [0.3, 0.4) is 0 Å². The van der Waals surface area contributed by atoms with Crippen LogP contribution in [0.1, 0.15) is 42.6 Å². The number of amides is 1. The molecule has 3 atom stereocenters. The summed E-state index contributed by atoms with van der Waals surface area (Å²) in [4.78, 5) is 19.4. The van der Waals surface area contributed by atoms with E-state index < -0.39 is 0 Å². The third-order valence-electron chi connectivity index (χ3n) is 4.20. The molecule has 1 amide bonds. The highest BCUT2D eigenvalue weighted by molar-refractivity contribution is 7.12. The van der Waals surface area contributed by atoms with Gasteiger partial charge in [-0.25, -0.2) is 0 Å². The van der Waals surface area contributed by atoms with Crippen LogP contribution >= 0.6 is 11.3 Å². The number of carbonyl (C=O) groups is 1. The van der Waals surface area contributed by atoms with Crippen molar-refractivity contribution < 1.29 is 4.79 Å². The molecule has 4 nitrogen and oxygen atoms in total. The third kappa shape index (κ3) is 3.65. The molecule has 0 spiro atoms. The van der Waals surface area contributed by atoms with Crippen LogP contribution < -0.4 is 5.32 Å². The van der Waals surface area contributed by atoms with Crippen molar-refractivity contribution in [2.75, 3.05) is 20.6 Å². The van der Waals surface area contributed by atoms with E-state index in [0.717, 1.165) is 19.4 Å². The molecule has 1 saturated heterocycles. The van der Waals surface area contributed by atoms with E-state index in [9.17, 15) is 4.79 Å². The van der Waals surface area contributed by atoms with E-state index in [1.54, 1.807) is 11.3 Å². The maximum atomic E-state index is 12.7. The Hall–Kier alpha value is -0.910. The average molecular weight is 309 g/mol. The van der Waals surface area contributed by atoms with E-state index in [1.807, 2.05) is 4.90 Å². The van der Waals surface area contributed by atoms with Gasteiger partial charge in [0, 0.05) is 22.3 Å². The van der Waals surface area contributed by atoms with Gasteiger partial charge in [0.1, 0.15) is 6.17 Å². The Kier molecular flexibility index (Phi) is 5.41. The molecule has 1 fully saturated rings. The fourth-order valence-electron chi connectivity index (χ4n) is 2.65. The second-order valence-corrected chi connectivity index (χ2v) is 7.48. The minimum absolute atomic E-state index is 0.0308. The zero-order valence-electron chi connectivity index (χ0n) is 13.7. The molecule has 0 aromatic carbocycles. The van der Waals surface area contributed by atoms with Gasteiger partial charge in [0.2, 0.25) is 5.91 Å². The quantitative estimate of drug-likeness (QED) is 0.877. The van der Waals surface area contributed by atoms with Crippen molar-refractivity contribution in [1.29, 1.82) is 0 Å². The molecule has 118 valence electrons. The number of likely N-dealkylation sites (N-methyl/N-ethyl adjacent to an activating group) is 1. The van der Waals surface area contributed by atoms with Crippen LogP contribution in [0.4, 0.5) is 0 Å². The van der Waals surface area contributed by atoms with Crippen LogP contribution in [-0.4, -0.2) is 48.4 Å². The van der Waals surface area contributed by atoms with Crippen molar-refractivity contribution in [3.8, 4) is 0 Å². The molecule has 1 aromatic rings. The maximum Gasteiger partial charge on any atom is 0.241 e. The molecular formula is C16H27N3OS. The lowest BCUT2D eigenvalue weighted by Crippen LogP contribution is -2.41. The lowest BCUT2D eigenvalue weighted by molar-refractivity contribution is -0.130. The maximum absolute atomic E-state index is 12.7. The van der Waals surface area contributed by atoms with E-state index in [1.165, 1.54) is 9.75 Å². The first-order valence-corrected chi connectivity index (χ1v) is 8.55. The molecular weight excluding hydrogens is 282 g/mol. The Morgan fingerprint density at radius 2 is 2.14 bits per heavy atom. The van der Waals surface area contributed by atoms with Gasteiger partial charge in [-0.3, -0.25) is 10.1 Å². The Labute approximate surface area is 132 Å². The van der Waals surface area contributed by atoms with Crippen molar-refractivity contribution in [2.24, 2.45) is 0 Å². The molecule has 1 aromatic heterocycles. The lowest BCUT2D eigenvalue weighted by atomic mass is 10.1. The molecule has 5 heteroatoms. The summed E-state index contributed by atoms with van der Waals surface area (Å²) in [5.41, 5.74) is 0. The van der Waals surface area contributed by atoms with Crippen molar-refractivity contribution in [3.63, 3.8) is 0 Å². The van der Waals surface area contributed by atoms with Crippen molar-refractivity contribution >= 4 is 17.2 Å². The monoisotopic (exact) mass is 309 g/mol. The van der Waals surface area contributed by atoms with Gasteiger partial charge in [0.25, 0.3) is 0 Å².